The van der Waals surface area contributed by atoms with Gasteiger partial charge in [0.15, 0.2) is 0 Å². The summed E-state index contributed by atoms with van der Waals surface area (Å²) in [6.45, 7) is 4.51. The van der Waals surface area contributed by atoms with E-state index in [4.69, 9.17) is 0 Å². The minimum absolute atomic E-state index is 0.0854. The fourth-order valence-electron chi connectivity index (χ4n) is 1.13. The first-order valence-electron chi connectivity index (χ1n) is 4.94. The Morgan fingerprint density at radius 1 is 1.47 bits per heavy atom. The predicted molar refractivity (Wildman–Crippen MR) is 67.3 cm³/mol. The Bertz CT molecular complexity index is 314. The highest BCUT2D eigenvalue weighted by molar-refractivity contribution is 9.11. The minimum Gasteiger partial charge on any atom is -0.355 e. The number of likely N-dealkylation sites (N-methyl/N-ethyl adjacent to an activating group) is 1. The van der Waals surface area contributed by atoms with Crippen LogP contribution in [0.3, 0.4) is 0 Å². The second-order valence-corrected chi connectivity index (χ2v) is 5.63. The van der Waals surface area contributed by atoms with Gasteiger partial charge >= 0.3 is 0 Å². The molecule has 1 heterocycles. The van der Waals surface area contributed by atoms with E-state index in [0.29, 0.717) is 13.0 Å². The average Bonchev–Trinajstić information content (AvgIpc) is 2.59. The Morgan fingerprint density at radius 3 is 2.87 bits per heavy atom. The van der Waals surface area contributed by atoms with Gasteiger partial charge in [0.1, 0.15) is 0 Å². The molecule has 15 heavy (non-hydrogen) atoms. The van der Waals surface area contributed by atoms with E-state index >= 15 is 0 Å². The fraction of sp³-hybridized carbons (Fsp3) is 0.500. The van der Waals surface area contributed by atoms with Gasteiger partial charge in [0.05, 0.1) is 10.2 Å². The van der Waals surface area contributed by atoms with Gasteiger partial charge < -0.3 is 10.6 Å². The maximum absolute atomic E-state index is 11.4. The Morgan fingerprint density at radius 2 is 2.27 bits per heavy atom. The molecular formula is C10H15BrN2OS. The number of hydrogen-bond acceptors (Lipinski definition) is 3. The van der Waals surface area contributed by atoms with Crippen LogP contribution in [0.25, 0.3) is 0 Å². The van der Waals surface area contributed by atoms with Gasteiger partial charge in [-0.05, 0) is 34.6 Å². The maximum atomic E-state index is 11.4. The van der Waals surface area contributed by atoms with Gasteiger partial charge in [-0.15, -0.1) is 11.3 Å². The Hall–Kier alpha value is -0.390. The molecule has 0 radical (unpaired) electrons. The van der Waals surface area contributed by atoms with Gasteiger partial charge in [0, 0.05) is 18.0 Å². The van der Waals surface area contributed by atoms with Crippen LogP contribution < -0.4 is 10.6 Å². The third-order valence-corrected chi connectivity index (χ3v) is 3.46. The van der Waals surface area contributed by atoms with E-state index < -0.39 is 0 Å². The average molecular weight is 291 g/mol. The quantitative estimate of drug-likeness (QED) is 0.784. The summed E-state index contributed by atoms with van der Waals surface area (Å²) in [5.41, 5.74) is 0. The molecule has 0 saturated heterocycles. The molecule has 0 aromatic carbocycles. The van der Waals surface area contributed by atoms with Gasteiger partial charge in [0.25, 0.3) is 0 Å². The van der Waals surface area contributed by atoms with Crippen molar-refractivity contribution in [1.82, 2.24) is 10.6 Å². The number of halogens is 1. The fourth-order valence-corrected chi connectivity index (χ4v) is 2.62. The van der Waals surface area contributed by atoms with Crippen molar-refractivity contribution in [2.75, 3.05) is 19.6 Å². The van der Waals surface area contributed by atoms with Crippen LogP contribution in [0.2, 0.25) is 0 Å². The van der Waals surface area contributed by atoms with E-state index in [-0.39, 0.29) is 5.91 Å². The summed E-state index contributed by atoms with van der Waals surface area (Å²) in [7, 11) is 0. The molecule has 0 atom stereocenters. The van der Waals surface area contributed by atoms with E-state index in [9.17, 15) is 4.79 Å². The molecular weight excluding hydrogens is 276 g/mol. The molecule has 5 heteroatoms. The first-order chi connectivity index (χ1) is 7.22. The molecule has 84 valence electrons. The largest absolute Gasteiger partial charge is 0.355 e. The normalized spacial score (nSPS) is 10.3. The highest BCUT2D eigenvalue weighted by Crippen LogP contribution is 2.22. The lowest BCUT2D eigenvalue weighted by molar-refractivity contribution is -0.120. The zero-order chi connectivity index (χ0) is 11.1. The van der Waals surface area contributed by atoms with Gasteiger partial charge in [-0.1, -0.05) is 6.92 Å². The van der Waals surface area contributed by atoms with Crippen LogP contribution in [0.1, 0.15) is 11.8 Å². The molecule has 0 aliphatic rings. The minimum atomic E-state index is 0.0854. The number of thiophene rings is 1. The number of nitrogens with one attached hydrogen (secondary N) is 2. The molecule has 0 fully saturated rings. The van der Waals surface area contributed by atoms with E-state index in [0.717, 1.165) is 21.8 Å². The molecule has 0 unspecified atom stereocenters. The first-order valence-corrected chi connectivity index (χ1v) is 6.55. The lowest BCUT2D eigenvalue weighted by atomic mass is 10.3. The molecule has 3 nitrogen and oxygen atoms in total. The summed E-state index contributed by atoms with van der Waals surface area (Å²) in [4.78, 5) is 12.5. The molecule has 0 saturated carbocycles. The highest BCUT2D eigenvalue weighted by Gasteiger charge is 2.04. The highest BCUT2D eigenvalue weighted by atomic mass is 79.9. The Labute approximate surface area is 102 Å². The van der Waals surface area contributed by atoms with Gasteiger partial charge in [-0.2, -0.15) is 0 Å². The monoisotopic (exact) mass is 290 g/mol. The predicted octanol–water partition coefficient (Wildman–Crippen LogP) is 1.78. The van der Waals surface area contributed by atoms with Crippen molar-refractivity contribution in [2.24, 2.45) is 0 Å². The summed E-state index contributed by atoms with van der Waals surface area (Å²) in [5, 5.41) is 6.02. The second-order valence-electron chi connectivity index (χ2n) is 3.09. The van der Waals surface area contributed by atoms with Gasteiger partial charge in [-0.3, -0.25) is 4.79 Å². The lowest BCUT2D eigenvalue weighted by Gasteiger charge is -2.04. The second kappa shape index (κ2) is 6.98. The summed E-state index contributed by atoms with van der Waals surface area (Å²) in [5.74, 6) is 0.0854. The van der Waals surface area contributed by atoms with Crippen LogP contribution in [0.5, 0.6) is 0 Å². The molecule has 1 aromatic rings. The third kappa shape index (κ3) is 5.30. The van der Waals surface area contributed by atoms with Crippen molar-refractivity contribution in [3.63, 3.8) is 0 Å². The van der Waals surface area contributed by atoms with Crippen molar-refractivity contribution in [2.45, 2.75) is 13.3 Å². The van der Waals surface area contributed by atoms with Gasteiger partial charge in [-0.25, -0.2) is 0 Å². The van der Waals surface area contributed by atoms with Crippen LogP contribution in [0, 0.1) is 0 Å². The van der Waals surface area contributed by atoms with Gasteiger partial charge in [0.2, 0.25) is 5.91 Å². The summed E-state index contributed by atoms with van der Waals surface area (Å²) >= 11 is 4.97. The molecule has 2 N–H and O–H groups in total. The molecule has 1 amide bonds. The van der Waals surface area contributed by atoms with Crippen molar-refractivity contribution in [3.05, 3.63) is 20.8 Å². The number of carbonyl (C=O) groups is 1. The SMILES string of the molecule is CCNCCNC(=O)Cc1ccc(Br)s1. The molecule has 0 spiro atoms. The van der Waals surface area contributed by atoms with Crippen LogP contribution in [-0.2, 0) is 11.2 Å². The van der Waals surface area contributed by atoms with Crippen LogP contribution in [-0.4, -0.2) is 25.5 Å². The molecule has 0 aliphatic heterocycles. The van der Waals surface area contributed by atoms with Crippen molar-refractivity contribution >= 4 is 33.2 Å². The topological polar surface area (TPSA) is 41.1 Å². The van der Waals surface area contributed by atoms with Crippen molar-refractivity contribution in [1.29, 1.82) is 0 Å². The van der Waals surface area contributed by atoms with E-state index in [1.807, 2.05) is 19.1 Å². The maximum Gasteiger partial charge on any atom is 0.225 e. The molecule has 0 bridgehead atoms. The summed E-state index contributed by atoms with van der Waals surface area (Å²) < 4.78 is 1.07. The Kier molecular flexibility index (Phi) is 5.90. The molecule has 1 aromatic heterocycles. The number of amides is 1. The van der Waals surface area contributed by atoms with E-state index in [1.54, 1.807) is 11.3 Å². The number of carbonyl (C=O) groups excluding carboxylic acids is 1. The van der Waals surface area contributed by atoms with E-state index in [2.05, 4.69) is 26.6 Å². The van der Waals surface area contributed by atoms with E-state index in [1.165, 1.54) is 0 Å². The summed E-state index contributed by atoms with van der Waals surface area (Å²) in [6, 6.07) is 3.94. The molecule has 0 aliphatic carbocycles. The Balaban J connectivity index is 2.18. The first kappa shape index (κ1) is 12.7. The smallest absolute Gasteiger partial charge is 0.225 e. The lowest BCUT2D eigenvalue weighted by Crippen LogP contribution is -2.32. The third-order valence-electron chi connectivity index (χ3n) is 1.84. The van der Waals surface area contributed by atoms with Crippen LogP contribution in [0.15, 0.2) is 15.9 Å². The van der Waals surface area contributed by atoms with Crippen molar-refractivity contribution < 1.29 is 4.79 Å². The van der Waals surface area contributed by atoms with Crippen LogP contribution in [0.4, 0.5) is 0 Å². The number of hydrogen-bond donors (Lipinski definition) is 2. The number of rotatable bonds is 6. The standard InChI is InChI=1S/C10H15BrN2OS/c1-2-12-5-6-13-10(14)7-8-3-4-9(11)15-8/h3-4,12H,2,5-7H2,1H3,(H,13,14). The van der Waals surface area contributed by atoms with Crippen LogP contribution >= 0.6 is 27.3 Å². The van der Waals surface area contributed by atoms with Crippen molar-refractivity contribution in [3.8, 4) is 0 Å². The molecule has 1 rings (SSSR count). The summed E-state index contributed by atoms with van der Waals surface area (Å²) in [6.07, 6.45) is 0.475. The zero-order valence-corrected chi connectivity index (χ0v) is 11.1. The zero-order valence-electron chi connectivity index (χ0n) is 8.68.